The summed E-state index contributed by atoms with van der Waals surface area (Å²) in [5.74, 6) is -0.0836. The molecule has 1 amide bonds. The van der Waals surface area contributed by atoms with Crippen LogP contribution in [0.15, 0.2) is 84.9 Å². The van der Waals surface area contributed by atoms with Gasteiger partial charge in [0.2, 0.25) is 0 Å². The van der Waals surface area contributed by atoms with Crippen LogP contribution in [0.5, 0.6) is 23.0 Å². The molecule has 4 aromatic carbocycles. The summed E-state index contributed by atoms with van der Waals surface area (Å²) in [5.41, 5.74) is 10.2. The Hall–Kier alpha value is -6.87. The third kappa shape index (κ3) is 14.1. The highest BCUT2D eigenvalue weighted by molar-refractivity contribution is 6.61. The van der Waals surface area contributed by atoms with E-state index < -0.39 is 47.1 Å². The van der Waals surface area contributed by atoms with Gasteiger partial charge in [-0.05, 0) is 109 Å². The molecule has 0 spiro atoms. The number of ether oxygens (including phenoxy) is 6. The minimum absolute atomic E-state index is 0. The number of fused-ring (bicyclic) bond motifs is 4. The number of hydrogen-bond donors (Lipinski definition) is 4. The Kier molecular flexibility index (Phi) is 18.7. The number of carbonyl (C=O) groups excluding carboxylic acids is 4. The topological polar surface area (TPSA) is 212 Å². The number of hydrogen-bond acceptors (Lipinski definition) is 13. The van der Waals surface area contributed by atoms with Crippen molar-refractivity contribution in [1.29, 1.82) is 0 Å². The molecule has 4 heterocycles. The summed E-state index contributed by atoms with van der Waals surface area (Å²) in [6, 6.07) is 25.1. The third-order valence-electron chi connectivity index (χ3n) is 14.6. The van der Waals surface area contributed by atoms with Crippen molar-refractivity contribution in [3.63, 3.8) is 0 Å². The molecule has 0 saturated heterocycles. The van der Waals surface area contributed by atoms with Crippen LogP contribution in [-0.2, 0) is 66.7 Å². The molecule has 2 atom stereocenters. The lowest BCUT2D eigenvalue weighted by molar-refractivity contribution is -0.287. The zero-order valence-corrected chi connectivity index (χ0v) is 45.9. The molecule has 5 N–H and O–H groups in total. The van der Waals surface area contributed by atoms with Gasteiger partial charge in [-0.3, -0.25) is 9.59 Å². The van der Waals surface area contributed by atoms with Crippen LogP contribution in [0.4, 0.5) is 27.2 Å². The molecule has 2 aliphatic carbocycles. The number of methoxy groups -OCH3 is 2. The molecule has 10 rings (SSSR count). The van der Waals surface area contributed by atoms with Gasteiger partial charge in [0.15, 0.2) is 23.0 Å². The molecular weight excluding hydrogens is 1080 g/mol. The van der Waals surface area contributed by atoms with Crippen molar-refractivity contribution in [3.05, 3.63) is 119 Å². The zero-order valence-electron chi connectivity index (χ0n) is 45.1. The number of rotatable bonds is 15. The number of amides is 1. The zero-order chi connectivity index (χ0) is 57.6. The number of benzene rings is 4. The molecule has 2 aromatic heterocycles. The Labute approximate surface area is 473 Å². The maximum atomic E-state index is 13.5. The number of alkyl halides is 4. The Morgan fingerprint density at radius 2 is 1.00 bits per heavy atom. The highest BCUT2D eigenvalue weighted by Crippen LogP contribution is 2.54. The van der Waals surface area contributed by atoms with Gasteiger partial charge in [0.1, 0.15) is 11.6 Å². The summed E-state index contributed by atoms with van der Waals surface area (Å²) in [5, 5.41) is 25.2. The minimum atomic E-state index is -3.70. The number of ketones is 2. The average Bonchev–Trinajstić information content (AvgIpc) is 4.27. The number of aliphatic hydroxyl groups excluding tert-OH is 2. The van der Waals surface area contributed by atoms with E-state index in [0.717, 1.165) is 44.3 Å². The molecule has 6 aromatic rings. The first-order valence-electron chi connectivity index (χ1n) is 25.7. The van der Waals surface area contributed by atoms with E-state index in [1.807, 2.05) is 41.0 Å². The van der Waals surface area contributed by atoms with Crippen molar-refractivity contribution < 1.29 is 75.4 Å². The average molecular weight is 1150 g/mol. The molecule has 2 saturated carbocycles. The van der Waals surface area contributed by atoms with Gasteiger partial charge < -0.3 is 58.8 Å². The van der Waals surface area contributed by atoms with Crippen LogP contribution < -0.4 is 30.0 Å². The van der Waals surface area contributed by atoms with E-state index in [1.54, 1.807) is 12.1 Å². The first kappa shape index (κ1) is 63.3. The number of alkyl carbamates (subject to hydrolysis) is 1. The van der Waals surface area contributed by atoms with Crippen molar-refractivity contribution in [3.8, 4) is 23.0 Å². The Bertz CT molecular complexity index is 3300. The molecule has 4 aliphatic rings. The van der Waals surface area contributed by atoms with E-state index in [9.17, 15) is 47.0 Å². The van der Waals surface area contributed by atoms with E-state index in [-0.39, 0.29) is 92.7 Å². The Balaban J connectivity index is 0.000000236. The molecule has 81 heavy (non-hydrogen) atoms. The van der Waals surface area contributed by atoms with Crippen LogP contribution in [0.2, 0.25) is 0 Å². The maximum absolute atomic E-state index is 13.5. The van der Waals surface area contributed by atoms with Crippen LogP contribution in [0.3, 0.4) is 0 Å². The fourth-order valence-corrected chi connectivity index (χ4v) is 10.2. The summed E-state index contributed by atoms with van der Waals surface area (Å²) in [6.07, 6.45) is -6.40. The lowest BCUT2D eigenvalue weighted by atomic mass is 9.87. The fraction of sp³-hybridized carbons (Fsp3) is 0.467. The molecule has 16 nitrogen and oxygen atoms in total. The molecule has 0 bridgehead atoms. The normalized spacial score (nSPS) is 16.9. The summed E-state index contributed by atoms with van der Waals surface area (Å²) in [7, 11) is 2.48. The van der Waals surface area contributed by atoms with Crippen LogP contribution in [-0.4, -0.2) is 94.5 Å². The van der Waals surface area contributed by atoms with Gasteiger partial charge in [0, 0.05) is 81.6 Å². The molecule has 0 unspecified atom stereocenters. The first-order chi connectivity index (χ1) is 37.0. The SMILES string of the molecule is C.C.CC(C)(C)c1cc2cc(CC(=O)C3(c4ccc5c(c4)OC(F)(F)O5)CC3)ccc2n1C[C@@H](O)CN.COC(=O)Cl.COC(=O)NC[C@H](O)Cn1c(C(C)(C)C)cc2cc(CC(=O)C3(c4ccc5c(c4)OC(F)(F)O5)CC3)ccc21. The summed E-state index contributed by atoms with van der Waals surface area (Å²) in [4.78, 5) is 47.6. The molecular formula is C60H73ClF4N4O12. The smallest absolute Gasteiger partial charge is 0.457 e. The monoisotopic (exact) mass is 1150 g/mol. The van der Waals surface area contributed by atoms with Gasteiger partial charge in [-0.2, -0.15) is 0 Å². The van der Waals surface area contributed by atoms with Crippen molar-refractivity contribution in [2.45, 2.75) is 154 Å². The quantitative estimate of drug-likeness (QED) is 0.0557. The van der Waals surface area contributed by atoms with Gasteiger partial charge in [-0.1, -0.05) is 80.7 Å². The second-order valence-electron chi connectivity index (χ2n) is 22.4. The van der Waals surface area contributed by atoms with Gasteiger partial charge >= 0.3 is 24.1 Å². The number of nitrogens with zero attached hydrogens (tertiary/aromatic N) is 2. The third-order valence-corrected chi connectivity index (χ3v) is 14.7. The van der Waals surface area contributed by atoms with E-state index in [4.69, 9.17) is 5.73 Å². The number of Topliss-reactive ketones (excluding diaryl/α,β-unsaturated/α-hetero) is 2. The number of carbonyl (C=O) groups is 4. The number of nitrogens with two attached hydrogens (primary N) is 1. The lowest BCUT2D eigenvalue weighted by Crippen LogP contribution is -2.35. The highest BCUT2D eigenvalue weighted by Gasteiger charge is 2.53. The lowest BCUT2D eigenvalue weighted by Gasteiger charge is -2.24. The molecule has 440 valence electrons. The van der Waals surface area contributed by atoms with Gasteiger partial charge in [-0.15, -0.1) is 17.6 Å². The predicted molar refractivity (Wildman–Crippen MR) is 299 cm³/mol. The maximum Gasteiger partial charge on any atom is 0.586 e. The van der Waals surface area contributed by atoms with Crippen LogP contribution >= 0.6 is 11.6 Å². The fourth-order valence-electron chi connectivity index (χ4n) is 10.2. The standard InChI is InChI=1S/C29H32F2N2O6.C27H30F2N2O4.C2H3ClO2.2CH4/c1-27(2,3)24-13-18-11-17(5-7-21(18)33(24)16-20(34)15-32-26(36)37-4)12-25(35)28(9-10-28)19-6-8-22-23(14-19)39-29(30,31)38-22;1-25(2,3)23-12-17-10-16(4-6-20(17)31(23)15-19(32)14-30)11-24(33)26(8-9-26)18-5-7-21-22(13-18)35-27(28,29)34-21;1-5-2(3)4;;/h5-8,11,13-14,20,34H,9-10,12,15-16H2,1-4H3,(H,32,36);4-7,10,12-13,19,32H,8-9,11,14-15,30H2,1-3H3;1H3;2*1H4/t20-;19-;;;/m00.../s1. The van der Waals surface area contributed by atoms with Crippen LogP contribution in [0, 0.1) is 0 Å². The second kappa shape index (κ2) is 23.9. The largest absolute Gasteiger partial charge is 0.586 e. The minimum Gasteiger partial charge on any atom is -0.457 e. The number of halogens is 5. The molecule has 21 heteroatoms. The molecule has 2 fully saturated rings. The number of aromatic nitrogens is 2. The van der Waals surface area contributed by atoms with Crippen LogP contribution in [0.25, 0.3) is 21.8 Å². The van der Waals surface area contributed by atoms with Crippen molar-refractivity contribution >= 4 is 56.5 Å². The second-order valence-corrected chi connectivity index (χ2v) is 22.8. The van der Waals surface area contributed by atoms with E-state index in [0.29, 0.717) is 43.4 Å². The van der Waals surface area contributed by atoms with Crippen molar-refractivity contribution in [2.24, 2.45) is 5.73 Å². The highest BCUT2D eigenvalue weighted by atomic mass is 35.5. The molecule has 0 radical (unpaired) electrons. The van der Waals surface area contributed by atoms with Crippen molar-refractivity contribution in [1.82, 2.24) is 14.5 Å². The van der Waals surface area contributed by atoms with Gasteiger partial charge in [-0.25, -0.2) is 9.59 Å². The Morgan fingerprint density at radius 1 is 0.617 bits per heavy atom. The first-order valence-corrected chi connectivity index (χ1v) is 26.1. The predicted octanol–water partition coefficient (Wildman–Crippen LogP) is 11.5. The summed E-state index contributed by atoms with van der Waals surface area (Å²) < 4.78 is 84.5. The van der Waals surface area contributed by atoms with Crippen molar-refractivity contribution in [2.75, 3.05) is 27.3 Å². The van der Waals surface area contributed by atoms with Gasteiger partial charge in [0.25, 0.3) is 0 Å². The molecule has 2 aliphatic heterocycles. The van der Waals surface area contributed by atoms with E-state index >= 15 is 0 Å². The summed E-state index contributed by atoms with van der Waals surface area (Å²) >= 11 is 4.60. The number of aliphatic hydroxyl groups is 2. The number of nitrogens with one attached hydrogen (secondary N) is 1. The Morgan fingerprint density at radius 3 is 1.35 bits per heavy atom. The van der Waals surface area contributed by atoms with Gasteiger partial charge in [0.05, 0.1) is 50.3 Å². The van der Waals surface area contributed by atoms with E-state index in [1.165, 1.54) is 38.5 Å². The van der Waals surface area contributed by atoms with E-state index in [2.05, 4.69) is 104 Å². The summed E-state index contributed by atoms with van der Waals surface area (Å²) in [6.45, 7) is 13.5. The van der Waals surface area contributed by atoms with Crippen LogP contribution in [0.1, 0.15) is 116 Å².